The highest BCUT2D eigenvalue weighted by molar-refractivity contribution is 7.13. The normalized spacial score (nSPS) is 15.6. The predicted octanol–water partition coefficient (Wildman–Crippen LogP) is 3.58. The van der Waals surface area contributed by atoms with Gasteiger partial charge in [-0.25, -0.2) is 9.67 Å². The summed E-state index contributed by atoms with van der Waals surface area (Å²) in [7, 11) is 0. The minimum absolute atomic E-state index is 0.968. The van der Waals surface area contributed by atoms with Gasteiger partial charge in [0.15, 0.2) is 5.13 Å². The maximum atomic E-state index is 4.83. The van der Waals surface area contributed by atoms with Crippen molar-refractivity contribution in [2.45, 2.75) is 27.3 Å². The number of aromatic nitrogens is 3. The van der Waals surface area contributed by atoms with E-state index in [2.05, 4.69) is 64.5 Å². The molecular formula is C20H25N5S. The van der Waals surface area contributed by atoms with Gasteiger partial charge < -0.3 is 4.90 Å². The summed E-state index contributed by atoms with van der Waals surface area (Å²) < 4.78 is 2.10. The Morgan fingerprint density at radius 2 is 1.81 bits per heavy atom. The Kier molecular flexibility index (Phi) is 4.78. The SMILES string of the molecule is Cc1ccccc1-n1nc(C)c(CN2CCN(c3nccs3)CC2)c1C. The molecule has 0 aliphatic carbocycles. The average molecular weight is 368 g/mol. The van der Waals surface area contributed by atoms with Gasteiger partial charge in [0.2, 0.25) is 0 Å². The van der Waals surface area contributed by atoms with E-state index in [9.17, 15) is 0 Å². The number of piperazine rings is 1. The van der Waals surface area contributed by atoms with E-state index in [0.717, 1.165) is 43.5 Å². The van der Waals surface area contributed by atoms with Crippen molar-refractivity contribution in [1.82, 2.24) is 19.7 Å². The van der Waals surface area contributed by atoms with Crippen LogP contribution in [0.15, 0.2) is 35.8 Å². The number of anilines is 1. The molecule has 0 spiro atoms. The fourth-order valence-electron chi connectivity index (χ4n) is 3.63. The van der Waals surface area contributed by atoms with Crippen LogP contribution in [0.25, 0.3) is 5.69 Å². The molecular weight excluding hydrogens is 342 g/mol. The third-order valence-electron chi connectivity index (χ3n) is 5.23. The fourth-order valence-corrected chi connectivity index (χ4v) is 4.33. The summed E-state index contributed by atoms with van der Waals surface area (Å²) in [5, 5.41) is 8.03. The zero-order chi connectivity index (χ0) is 18.1. The summed E-state index contributed by atoms with van der Waals surface area (Å²) in [5.41, 5.74) is 6.16. The smallest absolute Gasteiger partial charge is 0.185 e. The topological polar surface area (TPSA) is 37.2 Å². The van der Waals surface area contributed by atoms with E-state index in [1.54, 1.807) is 11.3 Å². The second kappa shape index (κ2) is 7.21. The fraction of sp³-hybridized carbons (Fsp3) is 0.400. The molecule has 1 aliphatic rings. The lowest BCUT2D eigenvalue weighted by Crippen LogP contribution is -2.46. The van der Waals surface area contributed by atoms with Crippen molar-refractivity contribution in [3.8, 4) is 5.69 Å². The predicted molar refractivity (Wildman–Crippen MR) is 107 cm³/mol. The molecule has 6 heteroatoms. The Morgan fingerprint density at radius 1 is 1.04 bits per heavy atom. The van der Waals surface area contributed by atoms with Gasteiger partial charge in [0.25, 0.3) is 0 Å². The van der Waals surface area contributed by atoms with E-state index in [4.69, 9.17) is 5.10 Å². The molecule has 4 rings (SSSR count). The number of hydrogen-bond acceptors (Lipinski definition) is 5. The summed E-state index contributed by atoms with van der Waals surface area (Å²) in [5.74, 6) is 0. The molecule has 0 amide bonds. The van der Waals surface area contributed by atoms with E-state index in [0.29, 0.717) is 0 Å². The van der Waals surface area contributed by atoms with Gasteiger partial charge in [-0.2, -0.15) is 5.10 Å². The van der Waals surface area contributed by atoms with Crippen LogP contribution in [0.4, 0.5) is 5.13 Å². The van der Waals surface area contributed by atoms with Crippen molar-refractivity contribution in [2.24, 2.45) is 0 Å². The highest BCUT2D eigenvalue weighted by atomic mass is 32.1. The summed E-state index contributed by atoms with van der Waals surface area (Å²) >= 11 is 1.72. The number of rotatable bonds is 4. The highest BCUT2D eigenvalue weighted by Crippen LogP contribution is 2.23. The minimum atomic E-state index is 0.968. The molecule has 136 valence electrons. The van der Waals surface area contributed by atoms with E-state index < -0.39 is 0 Å². The summed E-state index contributed by atoms with van der Waals surface area (Å²) in [6, 6.07) is 8.44. The van der Waals surface area contributed by atoms with E-state index in [1.165, 1.54) is 22.5 Å². The van der Waals surface area contributed by atoms with Crippen molar-refractivity contribution < 1.29 is 0 Å². The molecule has 2 aromatic heterocycles. The van der Waals surface area contributed by atoms with Crippen LogP contribution >= 0.6 is 11.3 Å². The van der Waals surface area contributed by atoms with Crippen molar-refractivity contribution in [1.29, 1.82) is 0 Å². The van der Waals surface area contributed by atoms with E-state index in [1.807, 2.05) is 11.6 Å². The molecule has 3 heterocycles. The van der Waals surface area contributed by atoms with Gasteiger partial charge in [-0.15, -0.1) is 11.3 Å². The van der Waals surface area contributed by atoms with Gasteiger partial charge in [-0.3, -0.25) is 4.90 Å². The van der Waals surface area contributed by atoms with E-state index >= 15 is 0 Å². The molecule has 1 saturated heterocycles. The third-order valence-corrected chi connectivity index (χ3v) is 6.06. The second-order valence-corrected chi connectivity index (χ2v) is 7.80. The molecule has 3 aromatic rings. The first-order valence-electron chi connectivity index (χ1n) is 9.11. The zero-order valence-corrected chi connectivity index (χ0v) is 16.5. The monoisotopic (exact) mass is 367 g/mol. The van der Waals surface area contributed by atoms with Crippen molar-refractivity contribution in [3.05, 3.63) is 58.4 Å². The number of aryl methyl sites for hydroxylation is 2. The molecule has 1 aromatic carbocycles. The van der Waals surface area contributed by atoms with Crippen molar-refractivity contribution in [2.75, 3.05) is 31.1 Å². The number of thiazole rings is 1. The lowest BCUT2D eigenvalue weighted by atomic mass is 10.1. The van der Waals surface area contributed by atoms with Gasteiger partial charge in [0.05, 0.1) is 11.4 Å². The van der Waals surface area contributed by atoms with Crippen LogP contribution < -0.4 is 4.90 Å². The highest BCUT2D eigenvalue weighted by Gasteiger charge is 2.22. The zero-order valence-electron chi connectivity index (χ0n) is 15.6. The Bertz CT molecular complexity index is 876. The number of benzene rings is 1. The Morgan fingerprint density at radius 3 is 2.50 bits per heavy atom. The molecule has 1 fully saturated rings. The van der Waals surface area contributed by atoms with Crippen molar-refractivity contribution >= 4 is 16.5 Å². The second-order valence-electron chi connectivity index (χ2n) is 6.93. The molecule has 0 bridgehead atoms. The van der Waals surface area contributed by atoms with Gasteiger partial charge >= 0.3 is 0 Å². The molecule has 5 nitrogen and oxygen atoms in total. The van der Waals surface area contributed by atoms with Crippen LogP contribution in [-0.2, 0) is 6.54 Å². The van der Waals surface area contributed by atoms with Crippen LogP contribution in [0.2, 0.25) is 0 Å². The standard InChI is InChI=1S/C20H25N5S/c1-15-6-4-5-7-19(15)25-17(3)18(16(2)22-25)14-23-9-11-24(12-10-23)20-21-8-13-26-20/h4-8,13H,9-12,14H2,1-3H3. The van der Waals surface area contributed by atoms with Gasteiger partial charge in [0, 0.05) is 55.6 Å². The summed E-state index contributed by atoms with van der Waals surface area (Å²) in [4.78, 5) is 9.35. The lowest BCUT2D eigenvalue weighted by molar-refractivity contribution is 0.249. The Balaban J connectivity index is 1.49. The first-order chi connectivity index (χ1) is 12.6. The van der Waals surface area contributed by atoms with Crippen LogP contribution in [-0.4, -0.2) is 45.8 Å². The first kappa shape index (κ1) is 17.2. The molecule has 0 atom stereocenters. The van der Waals surface area contributed by atoms with Gasteiger partial charge in [-0.1, -0.05) is 18.2 Å². The van der Waals surface area contributed by atoms with Crippen LogP contribution in [0.5, 0.6) is 0 Å². The number of para-hydroxylation sites is 1. The van der Waals surface area contributed by atoms with Gasteiger partial charge in [-0.05, 0) is 32.4 Å². The van der Waals surface area contributed by atoms with E-state index in [-0.39, 0.29) is 0 Å². The quantitative estimate of drug-likeness (QED) is 0.706. The number of hydrogen-bond donors (Lipinski definition) is 0. The minimum Gasteiger partial charge on any atom is -0.346 e. The summed E-state index contributed by atoms with van der Waals surface area (Å²) in [6.07, 6.45) is 1.89. The van der Waals surface area contributed by atoms with Crippen LogP contribution in [0, 0.1) is 20.8 Å². The summed E-state index contributed by atoms with van der Waals surface area (Å²) in [6.45, 7) is 11.6. The number of nitrogens with zero attached hydrogens (tertiary/aromatic N) is 5. The third kappa shape index (κ3) is 3.27. The maximum Gasteiger partial charge on any atom is 0.185 e. The Labute approximate surface area is 158 Å². The van der Waals surface area contributed by atoms with Crippen molar-refractivity contribution in [3.63, 3.8) is 0 Å². The largest absolute Gasteiger partial charge is 0.346 e. The molecule has 0 radical (unpaired) electrons. The molecule has 0 saturated carbocycles. The van der Waals surface area contributed by atoms with Crippen LogP contribution in [0.1, 0.15) is 22.5 Å². The molecule has 0 unspecified atom stereocenters. The molecule has 26 heavy (non-hydrogen) atoms. The maximum absolute atomic E-state index is 4.83. The first-order valence-corrected chi connectivity index (χ1v) is 9.99. The Hall–Kier alpha value is -2.18. The van der Waals surface area contributed by atoms with Gasteiger partial charge in [0.1, 0.15) is 0 Å². The average Bonchev–Trinajstić information content (AvgIpc) is 3.27. The van der Waals surface area contributed by atoms with Crippen LogP contribution in [0.3, 0.4) is 0 Å². The lowest BCUT2D eigenvalue weighted by Gasteiger charge is -2.34. The molecule has 0 N–H and O–H groups in total. The molecule has 1 aliphatic heterocycles.